The molecule has 0 saturated carbocycles. The van der Waals surface area contributed by atoms with E-state index in [2.05, 4.69) is 15.6 Å². The van der Waals surface area contributed by atoms with Crippen molar-refractivity contribution in [1.82, 2.24) is 20.2 Å². The number of carbonyl (C=O) groups is 2. The normalized spacial score (nSPS) is 12.3. The molecule has 0 spiro atoms. The van der Waals surface area contributed by atoms with Gasteiger partial charge in [-0.05, 0) is 29.5 Å². The lowest BCUT2D eigenvalue weighted by molar-refractivity contribution is -0.124. The summed E-state index contributed by atoms with van der Waals surface area (Å²) in [6, 6.07) is 10.8. The Morgan fingerprint density at radius 3 is 2.62 bits per heavy atom. The molecular weight excluding hydrogens is 348 g/mol. The smallest absolute Gasteiger partial charge is 0.262 e. The van der Waals surface area contributed by atoms with Crippen LogP contribution in [0.25, 0.3) is 11.0 Å². The third-order valence-electron chi connectivity index (χ3n) is 4.28. The minimum Gasteiger partial charge on any atom is -0.347 e. The summed E-state index contributed by atoms with van der Waals surface area (Å²) in [7, 11) is 1.93. The average molecular weight is 370 g/mol. The van der Waals surface area contributed by atoms with Crippen LogP contribution in [0.2, 0.25) is 0 Å². The third-order valence-corrected chi connectivity index (χ3v) is 5.15. The number of hydrogen-bond donors (Lipinski definition) is 2. The summed E-state index contributed by atoms with van der Waals surface area (Å²) in [6.45, 7) is 4.13. The van der Waals surface area contributed by atoms with Gasteiger partial charge >= 0.3 is 0 Å². The van der Waals surface area contributed by atoms with E-state index >= 15 is 0 Å². The van der Waals surface area contributed by atoms with Gasteiger partial charge in [-0.3, -0.25) is 9.59 Å². The Balaban J connectivity index is 1.67. The fourth-order valence-corrected chi connectivity index (χ4v) is 3.41. The van der Waals surface area contributed by atoms with Crippen LogP contribution in [-0.2, 0) is 18.4 Å². The van der Waals surface area contributed by atoms with Crippen molar-refractivity contribution in [2.75, 3.05) is 0 Å². The molecule has 3 rings (SSSR count). The van der Waals surface area contributed by atoms with Crippen LogP contribution in [0.4, 0.5) is 0 Å². The third kappa shape index (κ3) is 3.77. The number of nitrogens with zero attached hydrogens (tertiary/aromatic N) is 2. The summed E-state index contributed by atoms with van der Waals surface area (Å²) in [6.07, 6.45) is 0. The van der Waals surface area contributed by atoms with E-state index in [1.807, 2.05) is 61.2 Å². The maximum atomic E-state index is 12.6. The van der Waals surface area contributed by atoms with Gasteiger partial charge in [0.1, 0.15) is 11.9 Å². The fourth-order valence-electron chi connectivity index (χ4n) is 2.78. The molecule has 2 heterocycles. The lowest BCUT2D eigenvalue weighted by Gasteiger charge is -2.21. The van der Waals surface area contributed by atoms with Crippen LogP contribution in [0.5, 0.6) is 0 Å². The number of benzene rings is 1. The monoisotopic (exact) mass is 370 g/mol. The summed E-state index contributed by atoms with van der Waals surface area (Å²) in [5.74, 6) is 0.305. The molecule has 1 unspecified atom stereocenters. The molecule has 2 aromatic heterocycles. The summed E-state index contributed by atoms with van der Waals surface area (Å²) in [5.41, 5.74) is 1.91. The van der Waals surface area contributed by atoms with Gasteiger partial charge in [-0.15, -0.1) is 11.3 Å². The minimum atomic E-state index is -0.598. The molecule has 0 radical (unpaired) electrons. The zero-order valence-electron chi connectivity index (χ0n) is 15.0. The van der Waals surface area contributed by atoms with E-state index in [9.17, 15) is 9.59 Å². The topological polar surface area (TPSA) is 76.0 Å². The summed E-state index contributed by atoms with van der Waals surface area (Å²) < 4.78 is 1.96. The predicted molar refractivity (Wildman–Crippen MR) is 103 cm³/mol. The molecule has 0 fully saturated rings. The van der Waals surface area contributed by atoms with E-state index < -0.39 is 6.04 Å². The Morgan fingerprint density at radius 1 is 1.19 bits per heavy atom. The van der Waals surface area contributed by atoms with Crippen molar-refractivity contribution >= 4 is 34.2 Å². The highest BCUT2D eigenvalue weighted by atomic mass is 32.1. The van der Waals surface area contributed by atoms with Crippen LogP contribution < -0.4 is 10.6 Å². The Kier molecular flexibility index (Phi) is 5.37. The molecule has 6 nitrogen and oxygen atoms in total. The predicted octanol–water partition coefficient (Wildman–Crippen LogP) is 2.71. The number of amides is 2. The van der Waals surface area contributed by atoms with E-state index in [1.54, 1.807) is 6.07 Å². The molecular formula is C19H22N4O2S. The molecule has 2 N–H and O–H groups in total. The van der Waals surface area contributed by atoms with Gasteiger partial charge < -0.3 is 15.2 Å². The van der Waals surface area contributed by atoms with Crippen LogP contribution in [0, 0.1) is 5.92 Å². The Bertz CT molecular complexity index is 915. The average Bonchev–Trinajstić information content (AvgIpc) is 3.26. The Labute approximate surface area is 156 Å². The summed E-state index contributed by atoms with van der Waals surface area (Å²) >= 11 is 1.35. The first-order chi connectivity index (χ1) is 12.5. The van der Waals surface area contributed by atoms with E-state index in [-0.39, 0.29) is 17.7 Å². The second-order valence-corrected chi connectivity index (χ2v) is 7.41. The highest BCUT2D eigenvalue weighted by molar-refractivity contribution is 7.12. The first-order valence-electron chi connectivity index (χ1n) is 8.49. The van der Waals surface area contributed by atoms with Gasteiger partial charge in [-0.1, -0.05) is 32.0 Å². The van der Waals surface area contributed by atoms with Crippen molar-refractivity contribution in [3.05, 3.63) is 52.5 Å². The highest BCUT2D eigenvalue weighted by Crippen LogP contribution is 2.14. The van der Waals surface area contributed by atoms with E-state index in [4.69, 9.17) is 0 Å². The number of rotatable bonds is 6. The molecule has 1 aromatic carbocycles. The van der Waals surface area contributed by atoms with Crippen LogP contribution in [0.3, 0.4) is 0 Å². The molecule has 0 aliphatic carbocycles. The Morgan fingerprint density at radius 2 is 1.96 bits per heavy atom. The van der Waals surface area contributed by atoms with Crippen molar-refractivity contribution in [2.24, 2.45) is 13.0 Å². The molecule has 2 amide bonds. The summed E-state index contributed by atoms with van der Waals surface area (Å²) in [4.78, 5) is 30.1. The van der Waals surface area contributed by atoms with Crippen molar-refractivity contribution in [3.63, 3.8) is 0 Å². The highest BCUT2D eigenvalue weighted by Gasteiger charge is 2.25. The molecule has 0 aliphatic rings. The quantitative estimate of drug-likeness (QED) is 0.700. The maximum Gasteiger partial charge on any atom is 0.262 e. The SMILES string of the molecule is CC(C)C(NC(=O)c1cccs1)C(=O)NCc1nc2ccccc2n1C. The number of hydrogen-bond acceptors (Lipinski definition) is 4. The second kappa shape index (κ2) is 7.70. The molecule has 0 bridgehead atoms. The molecule has 0 saturated heterocycles. The molecule has 0 aliphatic heterocycles. The number of imidazole rings is 1. The molecule has 136 valence electrons. The Hall–Kier alpha value is -2.67. The minimum absolute atomic E-state index is 0.0284. The van der Waals surface area contributed by atoms with Gasteiger partial charge in [0.25, 0.3) is 5.91 Å². The van der Waals surface area contributed by atoms with Crippen LogP contribution in [-0.4, -0.2) is 27.4 Å². The van der Waals surface area contributed by atoms with Crippen molar-refractivity contribution in [2.45, 2.75) is 26.4 Å². The number of nitrogens with one attached hydrogen (secondary N) is 2. The summed E-state index contributed by atoms with van der Waals surface area (Å²) in [5, 5.41) is 7.57. The number of aryl methyl sites for hydroxylation is 1. The van der Waals surface area contributed by atoms with Crippen molar-refractivity contribution in [1.29, 1.82) is 0 Å². The van der Waals surface area contributed by atoms with E-state index in [0.717, 1.165) is 16.9 Å². The standard InChI is InChI=1S/C19H22N4O2S/c1-12(2)17(22-18(24)15-9-6-10-26-15)19(25)20-11-16-21-13-7-4-5-8-14(13)23(16)3/h4-10,12,17H,11H2,1-3H3,(H,20,25)(H,22,24). The number of thiophene rings is 1. The lowest BCUT2D eigenvalue weighted by atomic mass is 10.0. The first kappa shape index (κ1) is 18.1. The van der Waals surface area contributed by atoms with Gasteiger partial charge in [0.2, 0.25) is 5.91 Å². The van der Waals surface area contributed by atoms with E-state index in [0.29, 0.717) is 11.4 Å². The number of para-hydroxylation sites is 2. The fraction of sp³-hybridized carbons (Fsp3) is 0.316. The molecule has 3 aromatic rings. The van der Waals surface area contributed by atoms with E-state index in [1.165, 1.54) is 11.3 Å². The molecule has 7 heteroatoms. The van der Waals surface area contributed by atoms with Gasteiger partial charge in [-0.2, -0.15) is 0 Å². The van der Waals surface area contributed by atoms with Crippen LogP contribution in [0.1, 0.15) is 29.3 Å². The van der Waals surface area contributed by atoms with Crippen molar-refractivity contribution in [3.8, 4) is 0 Å². The lowest BCUT2D eigenvalue weighted by Crippen LogP contribution is -2.49. The number of aromatic nitrogens is 2. The first-order valence-corrected chi connectivity index (χ1v) is 9.37. The largest absolute Gasteiger partial charge is 0.347 e. The zero-order chi connectivity index (χ0) is 18.7. The van der Waals surface area contributed by atoms with Gasteiger partial charge in [0.15, 0.2) is 0 Å². The molecule has 26 heavy (non-hydrogen) atoms. The van der Waals surface area contributed by atoms with Gasteiger partial charge in [-0.25, -0.2) is 4.98 Å². The zero-order valence-corrected chi connectivity index (χ0v) is 15.8. The number of carbonyl (C=O) groups excluding carboxylic acids is 2. The van der Waals surface area contributed by atoms with Gasteiger partial charge in [0, 0.05) is 7.05 Å². The second-order valence-electron chi connectivity index (χ2n) is 6.47. The molecule has 1 atom stereocenters. The van der Waals surface area contributed by atoms with Crippen LogP contribution in [0.15, 0.2) is 41.8 Å². The maximum absolute atomic E-state index is 12.6. The van der Waals surface area contributed by atoms with Crippen LogP contribution >= 0.6 is 11.3 Å². The number of fused-ring (bicyclic) bond motifs is 1. The van der Waals surface area contributed by atoms with Crippen molar-refractivity contribution < 1.29 is 9.59 Å². The van der Waals surface area contributed by atoms with Gasteiger partial charge in [0.05, 0.1) is 22.5 Å².